The average molecular weight is 437 g/mol. The number of aliphatic hydroxyl groups excluding tert-OH is 2. The summed E-state index contributed by atoms with van der Waals surface area (Å²) >= 11 is 0. The van der Waals surface area contributed by atoms with Crippen LogP contribution in [-0.2, 0) is 16.2 Å². The first kappa shape index (κ1) is 20.3. The van der Waals surface area contributed by atoms with E-state index < -0.39 is 23.1 Å². The van der Waals surface area contributed by atoms with Gasteiger partial charge in [-0.2, -0.15) is 0 Å². The highest BCUT2D eigenvalue weighted by Gasteiger charge is 2.37. The number of hydrogen-bond acceptors (Lipinski definition) is 5. The number of H-pyrrole nitrogens is 1. The highest BCUT2D eigenvalue weighted by atomic mass is 16.5. The molecule has 0 bridgehead atoms. The van der Waals surface area contributed by atoms with E-state index in [9.17, 15) is 19.8 Å². The molecule has 0 radical (unpaired) electrons. The highest BCUT2D eigenvalue weighted by molar-refractivity contribution is 6.47. The molecule has 0 aliphatic heterocycles. The van der Waals surface area contributed by atoms with Gasteiger partial charge in [0.1, 0.15) is 12.4 Å². The molecule has 1 heterocycles. The third-order valence-corrected chi connectivity index (χ3v) is 5.59. The maximum atomic E-state index is 13.1. The maximum absolute atomic E-state index is 13.1. The van der Waals surface area contributed by atoms with Gasteiger partial charge in [-0.15, -0.1) is 0 Å². The maximum Gasteiger partial charge on any atom is 0.232 e. The zero-order chi connectivity index (χ0) is 22.9. The Labute approximate surface area is 189 Å². The van der Waals surface area contributed by atoms with Gasteiger partial charge in [-0.25, -0.2) is 0 Å². The van der Waals surface area contributed by atoms with Gasteiger partial charge in [-0.3, -0.25) is 9.59 Å². The molecule has 162 valence electrons. The smallest absolute Gasteiger partial charge is 0.232 e. The summed E-state index contributed by atoms with van der Waals surface area (Å²) < 4.78 is 5.88. The van der Waals surface area contributed by atoms with Crippen molar-refractivity contribution in [3.63, 3.8) is 0 Å². The SMILES string of the molecule is O=C1C(O)=C(c2c[nH]c3ccc(OCc4ccccc4)cc23)C(=O)C(O)=C1c1ccccc1. The second-order valence-corrected chi connectivity index (χ2v) is 7.66. The number of aliphatic hydroxyl groups is 2. The van der Waals surface area contributed by atoms with E-state index in [-0.39, 0.29) is 11.1 Å². The number of rotatable bonds is 5. The number of benzene rings is 3. The predicted molar refractivity (Wildman–Crippen MR) is 125 cm³/mol. The number of aromatic nitrogens is 1. The van der Waals surface area contributed by atoms with E-state index in [1.54, 1.807) is 48.5 Å². The van der Waals surface area contributed by atoms with Crippen LogP contribution in [0.2, 0.25) is 0 Å². The topological polar surface area (TPSA) is 99.6 Å². The van der Waals surface area contributed by atoms with Gasteiger partial charge in [0.2, 0.25) is 11.6 Å². The van der Waals surface area contributed by atoms with Crippen molar-refractivity contribution in [2.24, 2.45) is 0 Å². The molecule has 0 fully saturated rings. The largest absolute Gasteiger partial charge is 0.504 e. The molecule has 3 N–H and O–H groups in total. The van der Waals surface area contributed by atoms with Gasteiger partial charge in [0, 0.05) is 22.7 Å². The third-order valence-electron chi connectivity index (χ3n) is 5.59. The summed E-state index contributed by atoms with van der Waals surface area (Å²) in [4.78, 5) is 29.1. The molecule has 6 nitrogen and oxygen atoms in total. The zero-order valence-electron chi connectivity index (χ0n) is 17.4. The number of Topliss-reactive ketones (excluding diaryl/α,β-unsaturated/α-hetero) is 2. The van der Waals surface area contributed by atoms with Crippen LogP contribution >= 0.6 is 0 Å². The Bertz CT molecular complexity index is 1450. The lowest BCUT2D eigenvalue weighted by Crippen LogP contribution is -2.22. The number of fused-ring (bicyclic) bond motifs is 1. The molecule has 1 aromatic heterocycles. The van der Waals surface area contributed by atoms with Crippen molar-refractivity contribution >= 4 is 33.6 Å². The Kier molecular flexibility index (Phi) is 5.03. The van der Waals surface area contributed by atoms with Crippen LogP contribution in [0, 0.1) is 0 Å². The lowest BCUT2D eigenvalue weighted by atomic mass is 9.86. The number of nitrogens with one attached hydrogen (secondary N) is 1. The van der Waals surface area contributed by atoms with Crippen LogP contribution in [0.1, 0.15) is 16.7 Å². The van der Waals surface area contributed by atoms with Crippen molar-refractivity contribution in [3.8, 4) is 5.75 Å². The first-order valence-electron chi connectivity index (χ1n) is 10.3. The van der Waals surface area contributed by atoms with Gasteiger partial charge in [0.25, 0.3) is 0 Å². The Morgan fingerprint density at radius 3 is 2.12 bits per heavy atom. The van der Waals surface area contributed by atoms with Crippen LogP contribution in [0.3, 0.4) is 0 Å². The predicted octanol–water partition coefficient (Wildman–Crippen LogP) is 5.14. The first-order valence-corrected chi connectivity index (χ1v) is 10.3. The van der Waals surface area contributed by atoms with Gasteiger partial charge in [0.15, 0.2) is 11.5 Å². The first-order chi connectivity index (χ1) is 16.0. The molecule has 0 atom stereocenters. The number of carbonyl (C=O) groups is 2. The molecule has 1 aliphatic rings. The van der Waals surface area contributed by atoms with Crippen molar-refractivity contribution < 1.29 is 24.5 Å². The van der Waals surface area contributed by atoms with Gasteiger partial charge in [0.05, 0.1) is 11.1 Å². The molecule has 0 saturated heterocycles. The van der Waals surface area contributed by atoms with E-state index in [1.807, 2.05) is 30.3 Å². The van der Waals surface area contributed by atoms with E-state index in [4.69, 9.17) is 4.74 Å². The third kappa shape index (κ3) is 3.57. The number of ketones is 2. The van der Waals surface area contributed by atoms with Gasteiger partial charge >= 0.3 is 0 Å². The molecule has 6 heteroatoms. The van der Waals surface area contributed by atoms with Crippen molar-refractivity contribution in [3.05, 3.63) is 113 Å². The van der Waals surface area contributed by atoms with Gasteiger partial charge in [-0.05, 0) is 29.3 Å². The molecule has 0 unspecified atom stereocenters. The Balaban J connectivity index is 1.53. The molecule has 5 rings (SSSR count). The van der Waals surface area contributed by atoms with Crippen molar-refractivity contribution in [1.82, 2.24) is 4.98 Å². The Morgan fingerprint density at radius 2 is 1.39 bits per heavy atom. The summed E-state index contributed by atoms with van der Waals surface area (Å²) in [6.07, 6.45) is 1.53. The van der Waals surface area contributed by atoms with E-state index in [1.165, 1.54) is 6.20 Å². The molecule has 33 heavy (non-hydrogen) atoms. The summed E-state index contributed by atoms with van der Waals surface area (Å²) in [5.41, 5.74) is 1.90. The van der Waals surface area contributed by atoms with E-state index >= 15 is 0 Å². The number of ether oxygens (including phenoxy) is 1. The van der Waals surface area contributed by atoms with E-state index in [0.717, 1.165) is 5.56 Å². The summed E-state index contributed by atoms with van der Waals surface area (Å²) in [5.74, 6) is -2.45. The summed E-state index contributed by atoms with van der Waals surface area (Å²) in [7, 11) is 0. The molecule has 0 saturated carbocycles. The standard InChI is InChI=1S/C27H19NO5/c29-24-22(17-9-5-2-6-10-17)25(30)27(32)23(26(24)31)20-14-28-21-12-11-18(13-19(20)21)33-15-16-7-3-1-4-8-16/h1-14,28-29,32H,15H2. The number of allylic oxidation sites excluding steroid dienone is 2. The Hall–Kier alpha value is -4.58. The van der Waals surface area contributed by atoms with Crippen LogP contribution in [-0.4, -0.2) is 26.8 Å². The van der Waals surface area contributed by atoms with Crippen molar-refractivity contribution in [1.29, 1.82) is 0 Å². The normalized spacial score (nSPS) is 14.3. The van der Waals surface area contributed by atoms with Crippen LogP contribution in [0.25, 0.3) is 22.0 Å². The minimum Gasteiger partial charge on any atom is -0.504 e. The lowest BCUT2D eigenvalue weighted by Gasteiger charge is -2.18. The zero-order valence-corrected chi connectivity index (χ0v) is 17.4. The molecule has 1 aliphatic carbocycles. The second kappa shape index (κ2) is 8.16. The van der Waals surface area contributed by atoms with Gasteiger partial charge in [-0.1, -0.05) is 60.7 Å². The molecular formula is C27H19NO5. The fourth-order valence-corrected chi connectivity index (χ4v) is 3.94. The molecule has 3 aromatic carbocycles. The molecule has 0 amide bonds. The van der Waals surface area contributed by atoms with Crippen molar-refractivity contribution in [2.45, 2.75) is 6.61 Å². The number of aromatic amines is 1. The monoisotopic (exact) mass is 437 g/mol. The minimum atomic E-state index is -0.817. The summed E-state index contributed by atoms with van der Waals surface area (Å²) in [6, 6.07) is 23.3. The molecular weight excluding hydrogens is 418 g/mol. The van der Waals surface area contributed by atoms with Crippen LogP contribution in [0.15, 0.2) is 96.6 Å². The Morgan fingerprint density at radius 1 is 0.758 bits per heavy atom. The number of hydrogen-bond donors (Lipinski definition) is 3. The fourth-order valence-electron chi connectivity index (χ4n) is 3.94. The summed E-state index contributed by atoms with van der Waals surface area (Å²) in [6.45, 7) is 0.363. The van der Waals surface area contributed by atoms with Crippen LogP contribution < -0.4 is 4.74 Å². The highest BCUT2D eigenvalue weighted by Crippen LogP contribution is 2.37. The van der Waals surface area contributed by atoms with E-state index in [0.29, 0.717) is 34.4 Å². The lowest BCUT2D eigenvalue weighted by molar-refractivity contribution is -0.116. The summed E-state index contributed by atoms with van der Waals surface area (Å²) in [5, 5.41) is 21.9. The number of carbonyl (C=O) groups excluding carboxylic acids is 2. The second-order valence-electron chi connectivity index (χ2n) is 7.66. The van der Waals surface area contributed by atoms with Gasteiger partial charge < -0.3 is 19.9 Å². The minimum absolute atomic E-state index is 0.214. The van der Waals surface area contributed by atoms with Crippen LogP contribution in [0.5, 0.6) is 5.75 Å². The average Bonchev–Trinajstić information content (AvgIpc) is 3.26. The van der Waals surface area contributed by atoms with E-state index in [2.05, 4.69) is 4.98 Å². The van der Waals surface area contributed by atoms with Crippen LogP contribution in [0.4, 0.5) is 0 Å². The fraction of sp³-hybridized carbons (Fsp3) is 0.0370. The van der Waals surface area contributed by atoms with Crippen molar-refractivity contribution in [2.75, 3.05) is 0 Å². The molecule has 4 aromatic rings. The quantitative estimate of drug-likeness (QED) is 0.376. The molecule has 0 spiro atoms.